The van der Waals surface area contributed by atoms with Gasteiger partial charge in [-0.1, -0.05) is 23.7 Å². The number of phenolic OH excluding ortho intramolecular Hbond substituents is 1. The Morgan fingerprint density at radius 1 is 1.09 bits per heavy atom. The van der Waals surface area contributed by atoms with Gasteiger partial charge in [0, 0.05) is 5.02 Å². The molecule has 1 aliphatic rings. The van der Waals surface area contributed by atoms with Crippen molar-refractivity contribution in [2.75, 3.05) is 11.9 Å². The van der Waals surface area contributed by atoms with Crippen LogP contribution in [0.1, 0.15) is 20.7 Å². The number of imide groups is 1. The summed E-state index contributed by atoms with van der Waals surface area (Å²) in [5.41, 5.74) is 0.658. The van der Waals surface area contributed by atoms with E-state index in [9.17, 15) is 19.5 Å². The van der Waals surface area contributed by atoms with E-state index >= 15 is 0 Å². The summed E-state index contributed by atoms with van der Waals surface area (Å²) >= 11 is 5.80. The number of carbonyl (C=O) groups is 3. The summed E-state index contributed by atoms with van der Waals surface area (Å²) in [6.07, 6.45) is 0. The van der Waals surface area contributed by atoms with E-state index in [4.69, 9.17) is 11.6 Å². The van der Waals surface area contributed by atoms with Crippen LogP contribution in [0.25, 0.3) is 0 Å². The standard InChI is InChI=1S/C16H11ClN2O4/c17-9-5-6-13(20)12(7-9)18-14(21)8-19-15(22)10-3-1-2-4-11(10)16(19)23/h1-7,20H,8H2,(H,18,21). The van der Waals surface area contributed by atoms with Crippen LogP contribution >= 0.6 is 11.6 Å². The number of hydrogen-bond donors (Lipinski definition) is 2. The van der Waals surface area contributed by atoms with Crippen molar-refractivity contribution in [1.29, 1.82) is 0 Å². The molecule has 1 heterocycles. The number of hydrogen-bond acceptors (Lipinski definition) is 4. The molecule has 2 aromatic carbocycles. The third-order valence-corrected chi connectivity index (χ3v) is 3.65. The minimum Gasteiger partial charge on any atom is -0.506 e. The van der Waals surface area contributed by atoms with Gasteiger partial charge in [-0.15, -0.1) is 0 Å². The fraction of sp³-hybridized carbons (Fsp3) is 0.0625. The fourth-order valence-electron chi connectivity index (χ4n) is 2.32. The molecule has 0 saturated heterocycles. The molecule has 0 fully saturated rings. The number of fused-ring (bicyclic) bond motifs is 1. The van der Waals surface area contributed by atoms with Gasteiger partial charge in [-0.2, -0.15) is 0 Å². The molecule has 23 heavy (non-hydrogen) atoms. The lowest BCUT2D eigenvalue weighted by Crippen LogP contribution is -2.37. The monoisotopic (exact) mass is 330 g/mol. The second kappa shape index (κ2) is 5.73. The van der Waals surface area contributed by atoms with Crippen molar-refractivity contribution in [2.24, 2.45) is 0 Å². The highest BCUT2D eigenvalue weighted by molar-refractivity contribution is 6.31. The van der Waals surface area contributed by atoms with E-state index in [0.29, 0.717) is 5.02 Å². The first kappa shape index (κ1) is 15.1. The average Bonchev–Trinajstić information content (AvgIpc) is 2.76. The molecule has 0 aromatic heterocycles. The summed E-state index contributed by atoms with van der Waals surface area (Å²) in [7, 11) is 0. The number of amides is 3. The number of benzene rings is 2. The summed E-state index contributed by atoms with van der Waals surface area (Å²) in [5.74, 6) is -1.81. The van der Waals surface area contributed by atoms with Gasteiger partial charge >= 0.3 is 0 Å². The average molecular weight is 331 g/mol. The summed E-state index contributed by atoms with van der Waals surface area (Å²) in [6.45, 7) is -0.446. The lowest BCUT2D eigenvalue weighted by molar-refractivity contribution is -0.116. The summed E-state index contributed by atoms with van der Waals surface area (Å²) in [6, 6.07) is 10.6. The zero-order chi connectivity index (χ0) is 16.6. The molecular weight excluding hydrogens is 320 g/mol. The Kier molecular flexibility index (Phi) is 3.75. The molecule has 0 saturated carbocycles. The molecule has 6 nitrogen and oxygen atoms in total. The number of carbonyl (C=O) groups excluding carboxylic acids is 3. The van der Waals surface area contributed by atoms with Crippen molar-refractivity contribution in [3.8, 4) is 5.75 Å². The molecule has 116 valence electrons. The highest BCUT2D eigenvalue weighted by atomic mass is 35.5. The van der Waals surface area contributed by atoms with Gasteiger partial charge in [0.15, 0.2) is 0 Å². The van der Waals surface area contributed by atoms with Crippen LogP contribution in [0.3, 0.4) is 0 Å². The van der Waals surface area contributed by atoms with Gasteiger partial charge in [-0.25, -0.2) is 0 Å². The lowest BCUT2D eigenvalue weighted by Gasteiger charge is -2.14. The van der Waals surface area contributed by atoms with Crippen molar-refractivity contribution >= 4 is 35.0 Å². The third-order valence-electron chi connectivity index (χ3n) is 3.41. The highest BCUT2D eigenvalue weighted by Gasteiger charge is 2.36. The van der Waals surface area contributed by atoms with Gasteiger partial charge in [-0.3, -0.25) is 19.3 Å². The van der Waals surface area contributed by atoms with E-state index in [1.54, 1.807) is 12.1 Å². The Morgan fingerprint density at radius 2 is 1.70 bits per heavy atom. The molecule has 0 atom stereocenters. The topological polar surface area (TPSA) is 86.7 Å². The van der Waals surface area contributed by atoms with Crippen LogP contribution in [-0.2, 0) is 4.79 Å². The van der Waals surface area contributed by atoms with E-state index in [-0.39, 0.29) is 22.6 Å². The SMILES string of the molecule is O=C(CN1C(=O)c2ccccc2C1=O)Nc1cc(Cl)ccc1O. The van der Waals surface area contributed by atoms with Gasteiger partial charge in [0.25, 0.3) is 11.8 Å². The van der Waals surface area contributed by atoms with Crippen molar-refractivity contribution in [3.63, 3.8) is 0 Å². The maximum Gasteiger partial charge on any atom is 0.262 e. The first-order chi connectivity index (χ1) is 11.0. The van der Waals surface area contributed by atoms with Crippen LogP contribution in [-0.4, -0.2) is 34.3 Å². The number of aromatic hydroxyl groups is 1. The maximum absolute atomic E-state index is 12.2. The van der Waals surface area contributed by atoms with Crippen LogP contribution in [0.4, 0.5) is 5.69 Å². The summed E-state index contributed by atoms with van der Waals surface area (Å²) < 4.78 is 0. The Hall–Kier alpha value is -2.86. The predicted molar refractivity (Wildman–Crippen MR) is 83.6 cm³/mol. The van der Waals surface area contributed by atoms with Crippen molar-refractivity contribution in [1.82, 2.24) is 4.90 Å². The second-order valence-electron chi connectivity index (χ2n) is 4.95. The Bertz CT molecular complexity index is 800. The van der Waals surface area contributed by atoms with Gasteiger partial charge in [0.2, 0.25) is 5.91 Å². The van der Waals surface area contributed by atoms with Crippen LogP contribution in [0.2, 0.25) is 5.02 Å². The molecule has 3 rings (SSSR count). The number of halogens is 1. The quantitative estimate of drug-likeness (QED) is 0.667. The van der Waals surface area contributed by atoms with E-state index in [2.05, 4.69) is 5.32 Å². The van der Waals surface area contributed by atoms with E-state index in [1.807, 2.05) is 0 Å². The minimum atomic E-state index is -0.614. The van der Waals surface area contributed by atoms with Gasteiger partial charge in [-0.05, 0) is 30.3 Å². The normalized spacial score (nSPS) is 13.2. The molecule has 0 unspecified atom stereocenters. The van der Waals surface area contributed by atoms with Gasteiger partial charge in [0.1, 0.15) is 12.3 Å². The van der Waals surface area contributed by atoms with Crippen molar-refractivity contribution < 1.29 is 19.5 Å². The largest absolute Gasteiger partial charge is 0.506 e. The smallest absolute Gasteiger partial charge is 0.262 e. The molecule has 2 aromatic rings. The number of nitrogens with zero attached hydrogens (tertiary/aromatic N) is 1. The zero-order valence-electron chi connectivity index (χ0n) is 11.7. The van der Waals surface area contributed by atoms with Crippen LogP contribution in [0.15, 0.2) is 42.5 Å². The predicted octanol–water partition coefficient (Wildman–Crippen LogP) is 2.28. The first-order valence-electron chi connectivity index (χ1n) is 6.71. The Balaban J connectivity index is 1.76. The Labute approximate surface area is 136 Å². The van der Waals surface area contributed by atoms with Crippen LogP contribution in [0, 0.1) is 0 Å². The molecule has 0 radical (unpaired) electrons. The second-order valence-corrected chi connectivity index (χ2v) is 5.39. The highest BCUT2D eigenvalue weighted by Crippen LogP contribution is 2.27. The van der Waals surface area contributed by atoms with E-state index < -0.39 is 24.3 Å². The van der Waals surface area contributed by atoms with E-state index in [0.717, 1.165) is 4.90 Å². The van der Waals surface area contributed by atoms with Gasteiger partial charge < -0.3 is 10.4 Å². The maximum atomic E-state index is 12.2. The summed E-state index contributed by atoms with van der Waals surface area (Å²) in [4.78, 5) is 37.3. The molecule has 0 spiro atoms. The minimum absolute atomic E-state index is 0.110. The van der Waals surface area contributed by atoms with Crippen LogP contribution in [0.5, 0.6) is 5.75 Å². The number of rotatable bonds is 3. The van der Waals surface area contributed by atoms with Crippen molar-refractivity contribution in [3.05, 3.63) is 58.6 Å². The first-order valence-corrected chi connectivity index (χ1v) is 7.09. The third kappa shape index (κ3) is 2.76. The van der Waals surface area contributed by atoms with Crippen LogP contribution < -0.4 is 5.32 Å². The lowest BCUT2D eigenvalue weighted by atomic mass is 10.1. The molecule has 0 bridgehead atoms. The summed E-state index contributed by atoms with van der Waals surface area (Å²) in [5, 5.41) is 12.4. The number of nitrogens with one attached hydrogen (secondary N) is 1. The zero-order valence-corrected chi connectivity index (χ0v) is 12.5. The Morgan fingerprint density at radius 3 is 2.30 bits per heavy atom. The molecule has 0 aliphatic carbocycles. The van der Waals surface area contributed by atoms with Crippen molar-refractivity contribution in [2.45, 2.75) is 0 Å². The number of anilines is 1. The fourth-order valence-corrected chi connectivity index (χ4v) is 2.50. The molecular formula is C16H11ClN2O4. The van der Waals surface area contributed by atoms with E-state index in [1.165, 1.54) is 30.3 Å². The van der Waals surface area contributed by atoms with Gasteiger partial charge in [0.05, 0.1) is 16.8 Å². The molecule has 3 amide bonds. The number of phenols is 1. The molecule has 7 heteroatoms. The molecule has 1 aliphatic heterocycles. The molecule has 2 N–H and O–H groups in total.